The Bertz CT molecular complexity index is 1170. The molecular formula is C25H22ClNO5. The molecule has 6 nitrogen and oxygen atoms in total. The Balaban J connectivity index is 1.57. The number of ketones is 1. The van der Waals surface area contributed by atoms with Crippen LogP contribution in [0.4, 0.5) is 0 Å². The maximum Gasteiger partial charge on any atom is 0.337 e. The van der Waals surface area contributed by atoms with Crippen LogP contribution >= 0.6 is 11.6 Å². The molecule has 0 radical (unpaired) electrons. The molecule has 1 atom stereocenters. The number of allylic oxidation sites excluding steroid dienone is 3. The minimum atomic E-state index is -0.635. The average molecular weight is 452 g/mol. The highest BCUT2D eigenvalue weighted by atomic mass is 35.5. The maximum atomic E-state index is 13.3. The van der Waals surface area contributed by atoms with Crippen molar-refractivity contribution in [3.8, 4) is 11.5 Å². The third-order valence-electron chi connectivity index (χ3n) is 6.01. The number of hydrogen-bond donors (Lipinski definition) is 1. The van der Waals surface area contributed by atoms with Gasteiger partial charge in [-0.1, -0.05) is 41.9 Å². The fraction of sp³-hybridized carbons (Fsp3) is 0.280. The number of benzene rings is 2. The summed E-state index contributed by atoms with van der Waals surface area (Å²) in [6.45, 7) is 2.07. The molecule has 1 N–H and O–H groups in total. The average Bonchev–Trinajstić information content (AvgIpc) is 3.24. The SMILES string of the molecule is CC1=C(C(=O)OCc2ccccc2)[C@H](c2cc3c(cc2Cl)OCO3)C2=C(CCCC2=O)N1. The van der Waals surface area contributed by atoms with E-state index in [1.54, 1.807) is 12.1 Å². The zero-order valence-electron chi connectivity index (χ0n) is 17.6. The molecule has 164 valence electrons. The first-order chi connectivity index (χ1) is 15.5. The van der Waals surface area contributed by atoms with E-state index in [0.717, 1.165) is 24.1 Å². The van der Waals surface area contributed by atoms with Gasteiger partial charge in [0.15, 0.2) is 17.3 Å². The van der Waals surface area contributed by atoms with Gasteiger partial charge in [-0.05, 0) is 37.0 Å². The van der Waals surface area contributed by atoms with Gasteiger partial charge in [0.05, 0.1) is 5.57 Å². The molecule has 1 aliphatic carbocycles. The zero-order chi connectivity index (χ0) is 22.2. The van der Waals surface area contributed by atoms with Crippen molar-refractivity contribution in [3.05, 3.63) is 81.2 Å². The van der Waals surface area contributed by atoms with E-state index in [1.807, 2.05) is 37.3 Å². The van der Waals surface area contributed by atoms with Crippen LogP contribution in [0.15, 0.2) is 65.0 Å². The molecule has 0 saturated heterocycles. The van der Waals surface area contributed by atoms with Crippen LogP contribution in [-0.2, 0) is 20.9 Å². The van der Waals surface area contributed by atoms with E-state index in [1.165, 1.54) is 0 Å². The van der Waals surface area contributed by atoms with Crippen molar-refractivity contribution in [2.45, 2.75) is 38.7 Å². The van der Waals surface area contributed by atoms with Gasteiger partial charge < -0.3 is 19.5 Å². The maximum absolute atomic E-state index is 13.3. The lowest BCUT2D eigenvalue weighted by atomic mass is 9.75. The van der Waals surface area contributed by atoms with Crippen LogP contribution in [0.25, 0.3) is 0 Å². The number of carbonyl (C=O) groups excluding carboxylic acids is 2. The van der Waals surface area contributed by atoms with Crippen molar-refractivity contribution in [3.63, 3.8) is 0 Å². The summed E-state index contributed by atoms with van der Waals surface area (Å²) in [7, 11) is 0. The number of rotatable bonds is 4. The standard InChI is InChI=1S/C25H22ClNO5/c1-14-22(25(29)30-12-15-6-3-2-4-7-15)23(24-18(27-14)8-5-9-19(24)28)16-10-20-21(11-17(16)26)32-13-31-20/h2-4,6-7,10-11,23,27H,5,8-9,12-13H2,1H3/t23-/m0/s1. The lowest BCUT2D eigenvalue weighted by Crippen LogP contribution is -2.34. The Hall–Kier alpha value is -3.25. The molecule has 0 unspecified atom stereocenters. The number of hydrogen-bond acceptors (Lipinski definition) is 6. The second kappa shape index (κ2) is 8.36. The fourth-order valence-electron chi connectivity index (χ4n) is 4.52. The first kappa shape index (κ1) is 20.6. The Morgan fingerprint density at radius 3 is 2.69 bits per heavy atom. The van der Waals surface area contributed by atoms with Crippen molar-refractivity contribution in [2.24, 2.45) is 0 Å². The predicted molar refractivity (Wildman–Crippen MR) is 118 cm³/mol. The van der Waals surface area contributed by atoms with Crippen LogP contribution in [0.2, 0.25) is 5.02 Å². The van der Waals surface area contributed by atoms with Gasteiger partial charge in [-0.3, -0.25) is 4.79 Å². The van der Waals surface area contributed by atoms with Crippen LogP contribution in [0.1, 0.15) is 43.2 Å². The lowest BCUT2D eigenvalue weighted by molar-refractivity contribution is -0.140. The molecule has 0 bridgehead atoms. The monoisotopic (exact) mass is 451 g/mol. The second-order valence-corrected chi connectivity index (χ2v) is 8.46. The number of fused-ring (bicyclic) bond motifs is 1. The Morgan fingerprint density at radius 1 is 1.16 bits per heavy atom. The first-order valence-corrected chi connectivity index (χ1v) is 10.9. The van der Waals surface area contributed by atoms with Crippen molar-refractivity contribution < 1.29 is 23.8 Å². The number of halogens is 1. The molecule has 2 aromatic carbocycles. The van der Waals surface area contributed by atoms with Gasteiger partial charge in [-0.2, -0.15) is 0 Å². The molecule has 5 rings (SSSR count). The van der Waals surface area contributed by atoms with Crippen molar-refractivity contribution in [2.75, 3.05) is 6.79 Å². The lowest BCUT2D eigenvalue weighted by Gasteiger charge is -2.34. The van der Waals surface area contributed by atoms with Crippen LogP contribution < -0.4 is 14.8 Å². The van der Waals surface area contributed by atoms with Gasteiger partial charge in [-0.15, -0.1) is 0 Å². The summed E-state index contributed by atoms with van der Waals surface area (Å²) < 4.78 is 16.6. The number of esters is 1. The Kier molecular flexibility index (Phi) is 5.39. The first-order valence-electron chi connectivity index (χ1n) is 10.6. The second-order valence-electron chi connectivity index (χ2n) is 8.05. The number of dihydropyridines is 1. The summed E-state index contributed by atoms with van der Waals surface area (Å²) >= 11 is 6.65. The summed E-state index contributed by atoms with van der Waals surface area (Å²) in [6.07, 6.45) is 1.95. The van der Waals surface area contributed by atoms with E-state index in [4.69, 9.17) is 25.8 Å². The number of ether oxygens (including phenoxy) is 3. The molecule has 0 spiro atoms. The van der Waals surface area contributed by atoms with Gasteiger partial charge in [0.1, 0.15) is 6.61 Å². The van der Waals surface area contributed by atoms with Crippen molar-refractivity contribution in [1.29, 1.82) is 0 Å². The van der Waals surface area contributed by atoms with Gasteiger partial charge in [0.2, 0.25) is 6.79 Å². The third kappa shape index (κ3) is 3.65. The number of carbonyl (C=O) groups is 2. The summed E-state index contributed by atoms with van der Waals surface area (Å²) in [4.78, 5) is 26.4. The molecule has 0 fully saturated rings. The van der Waals surface area contributed by atoms with Crippen LogP contribution in [0.3, 0.4) is 0 Å². The molecule has 32 heavy (non-hydrogen) atoms. The molecule has 2 heterocycles. The number of Topliss-reactive ketones (excluding diaryl/α,β-unsaturated/α-hetero) is 1. The van der Waals surface area contributed by atoms with E-state index in [9.17, 15) is 9.59 Å². The molecule has 7 heteroatoms. The highest BCUT2D eigenvalue weighted by Gasteiger charge is 2.40. The van der Waals surface area contributed by atoms with Crippen LogP contribution in [-0.4, -0.2) is 18.5 Å². The van der Waals surface area contributed by atoms with E-state index in [-0.39, 0.29) is 19.2 Å². The summed E-state index contributed by atoms with van der Waals surface area (Å²) in [5.74, 6) is -0.0149. The summed E-state index contributed by atoms with van der Waals surface area (Å²) in [5.41, 5.74) is 3.98. The normalized spacial score (nSPS) is 19.6. The molecule has 2 aliphatic heterocycles. The largest absolute Gasteiger partial charge is 0.457 e. The summed E-state index contributed by atoms with van der Waals surface area (Å²) in [5, 5.41) is 3.70. The molecule has 0 saturated carbocycles. The minimum absolute atomic E-state index is 0.0124. The summed E-state index contributed by atoms with van der Waals surface area (Å²) in [6, 6.07) is 12.9. The van der Waals surface area contributed by atoms with Crippen molar-refractivity contribution in [1.82, 2.24) is 5.32 Å². The molecule has 0 amide bonds. The molecule has 2 aromatic rings. The Labute approximate surface area is 190 Å². The van der Waals surface area contributed by atoms with Gasteiger partial charge in [0.25, 0.3) is 0 Å². The Morgan fingerprint density at radius 2 is 1.91 bits per heavy atom. The quantitative estimate of drug-likeness (QED) is 0.674. The van der Waals surface area contributed by atoms with E-state index in [2.05, 4.69) is 5.32 Å². The van der Waals surface area contributed by atoms with Gasteiger partial charge in [0, 0.05) is 40.4 Å². The number of nitrogens with one attached hydrogen (secondary N) is 1. The molecular weight excluding hydrogens is 430 g/mol. The van der Waals surface area contributed by atoms with Gasteiger partial charge >= 0.3 is 5.97 Å². The van der Waals surface area contributed by atoms with Crippen LogP contribution in [0, 0.1) is 0 Å². The highest BCUT2D eigenvalue weighted by Crippen LogP contribution is 2.48. The zero-order valence-corrected chi connectivity index (χ0v) is 18.3. The molecule has 3 aliphatic rings. The predicted octanol–water partition coefficient (Wildman–Crippen LogP) is 4.78. The minimum Gasteiger partial charge on any atom is -0.457 e. The highest BCUT2D eigenvalue weighted by molar-refractivity contribution is 6.32. The van der Waals surface area contributed by atoms with E-state index < -0.39 is 11.9 Å². The van der Waals surface area contributed by atoms with Crippen LogP contribution in [0.5, 0.6) is 11.5 Å². The van der Waals surface area contributed by atoms with E-state index >= 15 is 0 Å². The molecule has 0 aromatic heterocycles. The fourth-order valence-corrected chi connectivity index (χ4v) is 4.78. The van der Waals surface area contributed by atoms with Gasteiger partial charge in [-0.25, -0.2) is 4.79 Å². The smallest absolute Gasteiger partial charge is 0.337 e. The van der Waals surface area contributed by atoms with E-state index in [0.29, 0.717) is 45.3 Å². The topological polar surface area (TPSA) is 73.9 Å². The third-order valence-corrected chi connectivity index (χ3v) is 6.34. The van der Waals surface area contributed by atoms with Crippen molar-refractivity contribution >= 4 is 23.4 Å².